The fraction of sp³-hybridized carbons (Fsp3) is 0.519. The van der Waals surface area contributed by atoms with Crippen molar-refractivity contribution >= 4 is 6.29 Å². The quantitative estimate of drug-likeness (QED) is 0.152. The molecule has 0 amide bonds. The highest BCUT2D eigenvalue weighted by atomic mass is 19.4. The number of halogens is 5. The van der Waals surface area contributed by atoms with Gasteiger partial charge in [0.2, 0.25) is 5.92 Å². The van der Waals surface area contributed by atoms with Gasteiger partial charge in [0.15, 0.2) is 0 Å². The summed E-state index contributed by atoms with van der Waals surface area (Å²) in [4.78, 5) is 10.5. The highest BCUT2D eigenvalue weighted by Crippen LogP contribution is 2.44. The standard InChI is InChI=1S/C17H26F2.C10H11F3O/c1-6-16(4,10-11-17(5,18)19)14(3)15-9-7-8-13(2)12-15;1-4-5-9(6-14)7(2)8(3)10(11,12)13/h7-9,12,14H,6,10-11H2,1-5H3;4-6H,1H2,2-3H3/b;8-7+,9-5-. The van der Waals surface area contributed by atoms with Crippen LogP contribution < -0.4 is 0 Å². The number of aryl methyl sites for hydroxylation is 1. The van der Waals surface area contributed by atoms with E-state index in [1.165, 1.54) is 30.2 Å². The van der Waals surface area contributed by atoms with Gasteiger partial charge < -0.3 is 0 Å². The Bertz CT molecular complexity index is 843. The number of rotatable bonds is 9. The molecule has 0 N–H and O–H groups in total. The van der Waals surface area contributed by atoms with E-state index in [9.17, 15) is 26.7 Å². The third-order valence-corrected chi connectivity index (χ3v) is 6.38. The van der Waals surface area contributed by atoms with Crippen molar-refractivity contribution in [2.45, 2.75) is 85.7 Å². The third-order valence-electron chi connectivity index (χ3n) is 6.38. The van der Waals surface area contributed by atoms with Gasteiger partial charge in [0.05, 0.1) is 0 Å². The topological polar surface area (TPSA) is 17.1 Å². The minimum atomic E-state index is -4.40. The molecule has 0 radical (unpaired) electrons. The van der Waals surface area contributed by atoms with Crippen LogP contribution in [-0.2, 0) is 4.79 Å². The van der Waals surface area contributed by atoms with Crippen LogP contribution in [0.4, 0.5) is 22.0 Å². The first kappa shape index (κ1) is 30.8. The molecule has 0 aromatic heterocycles. The molecule has 0 heterocycles. The minimum absolute atomic E-state index is 0.00479. The number of carbonyl (C=O) groups is 1. The van der Waals surface area contributed by atoms with E-state index >= 15 is 0 Å². The third kappa shape index (κ3) is 10.5. The highest BCUT2D eigenvalue weighted by molar-refractivity contribution is 5.80. The van der Waals surface area contributed by atoms with Gasteiger partial charge in [-0.3, -0.25) is 4.79 Å². The van der Waals surface area contributed by atoms with Crippen LogP contribution in [0.15, 0.2) is 59.7 Å². The van der Waals surface area contributed by atoms with E-state index in [1.54, 1.807) is 0 Å². The first-order chi connectivity index (χ1) is 15.0. The summed E-state index contributed by atoms with van der Waals surface area (Å²) in [5, 5.41) is 0. The van der Waals surface area contributed by atoms with Crippen molar-refractivity contribution in [2.75, 3.05) is 0 Å². The Balaban J connectivity index is 0.000000653. The van der Waals surface area contributed by atoms with Gasteiger partial charge in [0.25, 0.3) is 0 Å². The number of benzene rings is 1. The van der Waals surface area contributed by atoms with Crippen LogP contribution in [-0.4, -0.2) is 18.4 Å². The Morgan fingerprint density at radius 3 is 2.06 bits per heavy atom. The molecule has 0 aliphatic rings. The van der Waals surface area contributed by atoms with Crippen LogP contribution in [0, 0.1) is 12.3 Å². The first-order valence-corrected chi connectivity index (χ1v) is 11.0. The number of allylic oxidation sites excluding steroid dienone is 5. The van der Waals surface area contributed by atoms with Crippen molar-refractivity contribution in [1.82, 2.24) is 0 Å². The number of hydrogen-bond donors (Lipinski definition) is 0. The maximum atomic E-state index is 13.1. The van der Waals surface area contributed by atoms with E-state index < -0.39 is 17.7 Å². The van der Waals surface area contributed by atoms with Crippen LogP contribution in [0.1, 0.15) is 77.8 Å². The van der Waals surface area contributed by atoms with Gasteiger partial charge in [0, 0.05) is 17.6 Å². The van der Waals surface area contributed by atoms with Crippen molar-refractivity contribution in [2.24, 2.45) is 5.41 Å². The lowest BCUT2D eigenvalue weighted by atomic mass is 9.69. The van der Waals surface area contributed by atoms with E-state index in [0.717, 1.165) is 20.3 Å². The van der Waals surface area contributed by atoms with Crippen LogP contribution in [0.2, 0.25) is 0 Å². The van der Waals surface area contributed by atoms with Crippen molar-refractivity contribution in [1.29, 1.82) is 0 Å². The summed E-state index contributed by atoms with van der Waals surface area (Å²) in [7, 11) is 0. The average Bonchev–Trinajstić information content (AvgIpc) is 2.73. The number of carbonyl (C=O) groups excluding carboxylic acids is 1. The molecule has 0 fully saturated rings. The molecule has 1 aromatic rings. The Kier molecular flexibility index (Phi) is 12.0. The van der Waals surface area contributed by atoms with Crippen LogP contribution in [0.5, 0.6) is 0 Å². The van der Waals surface area contributed by atoms with Gasteiger partial charge in [-0.15, -0.1) is 0 Å². The Morgan fingerprint density at radius 1 is 1.09 bits per heavy atom. The molecule has 0 saturated carbocycles. The predicted octanol–water partition coefficient (Wildman–Crippen LogP) is 9.15. The van der Waals surface area contributed by atoms with Crippen molar-refractivity contribution in [3.05, 3.63) is 70.8 Å². The number of aldehydes is 1. The zero-order valence-electron chi connectivity index (χ0n) is 20.7. The molecule has 2 unspecified atom stereocenters. The molecule has 6 heteroatoms. The molecule has 2 atom stereocenters. The van der Waals surface area contributed by atoms with Crippen molar-refractivity contribution in [3.8, 4) is 0 Å². The summed E-state index contributed by atoms with van der Waals surface area (Å²) in [6, 6.07) is 8.39. The zero-order chi connectivity index (χ0) is 26.0. The Labute approximate surface area is 195 Å². The van der Waals surface area contributed by atoms with Crippen molar-refractivity contribution in [3.63, 3.8) is 0 Å². The molecule has 1 aromatic carbocycles. The molecule has 0 bridgehead atoms. The lowest BCUT2D eigenvalue weighted by molar-refractivity contribution is -0.104. The van der Waals surface area contributed by atoms with Crippen LogP contribution in [0.3, 0.4) is 0 Å². The first-order valence-electron chi connectivity index (χ1n) is 11.0. The predicted molar refractivity (Wildman–Crippen MR) is 127 cm³/mol. The van der Waals surface area contributed by atoms with E-state index in [2.05, 4.69) is 52.5 Å². The second-order valence-electron chi connectivity index (χ2n) is 8.94. The molecule has 0 aliphatic carbocycles. The van der Waals surface area contributed by atoms with Gasteiger partial charge in [0.1, 0.15) is 6.29 Å². The molecule has 0 saturated heterocycles. The highest BCUT2D eigenvalue weighted by Gasteiger charge is 2.34. The lowest BCUT2D eigenvalue weighted by Gasteiger charge is -2.36. The van der Waals surface area contributed by atoms with Gasteiger partial charge in [-0.2, -0.15) is 13.2 Å². The second kappa shape index (κ2) is 12.9. The zero-order valence-corrected chi connectivity index (χ0v) is 20.7. The Morgan fingerprint density at radius 2 is 1.67 bits per heavy atom. The molecule has 0 aliphatic heterocycles. The average molecular weight is 473 g/mol. The maximum Gasteiger partial charge on any atom is 0.412 e. The molecule has 33 heavy (non-hydrogen) atoms. The molecule has 186 valence electrons. The van der Waals surface area contributed by atoms with Crippen molar-refractivity contribution < 1.29 is 26.7 Å². The summed E-state index contributed by atoms with van der Waals surface area (Å²) in [6.07, 6.45) is -0.0537. The summed E-state index contributed by atoms with van der Waals surface area (Å²) in [5.74, 6) is -2.28. The summed E-state index contributed by atoms with van der Waals surface area (Å²) in [5.41, 5.74) is 1.56. The molecule has 1 nitrogen and oxygen atoms in total. The van der Waals surface area contributed by atoms with Gasteiger partial charge >= 0.3 is 6.18 Å². The maximum absolute atomic E-state index is 13.1. The number of hydrogen-bond acceptors (Lipinski definition) is 1. The smallest absolute Gasteiger partial charge is 0.298 e. The fourth-order valence-electron chi connectivity index (χ4n) is 3.36. The summed E-state index contributed by atoms with van der Waals surface area (Å²) in [6.45, 7) is 15.0. The van der Waals surface area contributed by atoms with E-state index in [4.69, 9.17) is 0 Å². The van der Waals surface area contributed by atoms with Gasteiger partial charge in [-0.1, -0.05) is 75.8 Å². The summed E-state index contributed by atoms with van der Waals surface area (Å²) >= 11 is 0. The Hall–Kier alpha value is -2.24. The van der Waals surface area contributed by atoms with E-state index in [0.29, 0.717) is 18.6 Å². The molecular formula is C27H37F5O. The lowest BCUT2D eigenvalue weighted by Crippen LogP contribution is -2.26. The monoisotopic (exact) mass is 472 g/mol. The SMILES string of the molecule is C=C/C=C(C=O)\C(C)=C(/C)C(F)(F)F.CCC(C)(CCC(C)(F)F)C(C)c1cccc(C)c1. The second-order valence-corrected chi connectivity index (χ2v) is 8.94. The van der Waals surface area contributed by atoms with E-state index in [-0.39, 0.29) is 23.0 Å². The van der Waals surface area contributed by atoms with E-state index in [1.807, 2.05) is 6.07 Å². The number of alkyl halides is 5. The largest absolute Gasteiger partial charge is 0.412 e. The van der Waals surface area contributed by atoms with Gasteiger partial charge in [-0.25, -0.2) is 8.78 Å². The normalized spacial score (nSPS) is 16.1. The molecule has 1 rings (SSSR count). The molecular weight excluding hydrogens is 435 g/mol. The van der Waals surface area contributed by atoms with Gasteiger partial charge in [-0.05, 0) is 56.6 Å². The van der Waals surface area contributed by atoms with Crippen LogP contribution in [0.25, 0.3) is 0 Å². The van der Waals surface area contributed by atoms with Crippen LogP contribution >= 0.6 is 0 Å². The fourth-order valence-corrected chi connectivity index (χ4v) is 3.36. The minimum Gasteiger partial charge on any atom is -0.298 e. The molecule has 0 spiro atoms. The summed E-state index contributed by atoms with van der Waals surface area (Å²) < 4.78 is 62.9.